The van der Waals surface area contributed by atoms with Gasteiger partial charge in [0, 0.05) is 38.5 Å². The van der Waals surface area contributed by atoms with Crippen LogP contribution >= 0.6 is 15.9 Å². The van der Waals surface area contributed by atoms with Crippen LogP contribution < -0.4 is 4.74 Å². The van der Waals surface area contributed by atoms with Gasteiger partial charge in [-0.15, -0.1) is 5.56 Å². The van der Waals surface area contributed by atoms with Crippen molar-refractivity contribution in [3.05, 3.63) is 27.7 Å². The van der Waals surface area contributed by atoms with Gasteiger partial charge in [0.25, 0.3) is 0 Å². The van der Waals surface area contributed by atoms with Crippen molar-refractivity contribution in [3.8, 4) is 5.75 Å². The summed E-state index contributed by atoms with van der Waals surface area (Å²) >= 11 is 3.41. The third-order valence-electron chi connectivity index (χ3n) is 1.49. The van der Waals surface area contributed by atoms with Gasteiger partial charge in [-0.3, -0.25) is 0 Å². The van der Waals surface area contributed by atoms with Gasteiger partial charge in [0.15, 0.2) is 0 Å². The smallest absolute Gasteiger partial charge is 0.0607 e. The summed E-state index contributed by atoms with van der Waals surface area (Å²) in [7, 11) is 1.66. The van der Waals surface area contributed by atoms with Gasteiger partial charge in [-0.1, -0.05) is 34.3 Å². The second kappa shape index (κ2) is 5.36. The molecule has 0 aromatic heterocycles. The number of rotatable bonds is 1. The summed E-state index contributed by atoms with van der Waals surface area (Å²) in [5.74, 6) is 0.871. The molecule has 0 amide bonds. The van der Waals surface area contributed by atoms with E-state index in [4.69, 9.17) is 4.74 Å². The van der Waals surface area contributed by atoms with Crippen molar-refractivity contribution in [2.45, 2.75) is 13.8 Å². The molecule has 0 bridgehead atoms. The molecule has 1 aromatic carbocycles. The molecule has 0 unspecified atom stereocenters. The number of ether oxygens (including phenoxy) is 1. The molecule has 0 heterocycles. The van der Waals surface area contributed by atoms with Crippen LogP contribution in [-0.4, -0.2) is 7.11 Å². The van der Waals surface area contributed by atoms with Crippen molar-refractivity contribution in [1.29, 1.82) is 0 Å². The molecular formula is C9H10BrOY-. The molecule has 1 rings (SSSR count). The van der Waals surface area contributed by atoms with E-state index in [1.807, 2.05) is 19.9 Å². The summed E-state index contributed by atoms with van der Waals surface area (Å²) in [6.07, 6.45) is 0. The molecule has 0 aliphatic heterocycles. The zero-order valence-electron chi connectivity index (χ0n) is 7.44. The van der Waals surface area contributed by atoms with Crippen LogP contribution in [0.15, 0.2) is 10.5 Å². The summed E-state index contributed by atoms with van der Waals surface area (Å²) in [6.45, 7) is 3.99. The Bertz CT molecular complexity index is 250. The Hall–Kier alpha value is 0.604. The molecular weight excluding hydrogens is 293 g/mol. The van der Waals surface area contributed by atoms with Gasteiger partial charge in [-0.25, -0.2) is 0 Å². The maximum atomic E-state index is 5.15. The fourth-order valence-corrected chi connectivity index (χ4v) is 1.88. The third-order valence-corrected chi connectivity index (χ3v) is 2.08. The molecule has 0 saturated heterocycles. The van der Waals surface area contributed by atoms with Crippen LogP contribution in [-0.2, 0) is 32.7 Å². The standard InChI is InChI=1S/C9H10BrO.Y/c1-6-4-7(2)9(11-3)8(10)5-6;/h5H,1-3H3;/q-1;. The van der Waals surface area contributed by atoms with Crippen LogP contribution in [0, 0.1) is 19.9 Å². The number of hydrogen-bond donors (Lipinski definition) is 0. The van der Waals surface area contributed by atoms with E-state index >= 15 is 0 Å². The first-order chi connectivity index (χ1) is 5.15. The van der Waals surface area contributed by atoms with Crippen LogP contribution in [0.5, 0.6) is 5.75 Å². The van der Waals surface area contributed by atoms with Crippen LogP contribution in [0.3, 0.4) is 0 Å². The minimum absolute atomic E-state index is 0. The van der Waals surface area contributed by atoms with E-state index < -0.39 is 0 Å². The van der Waals surface area contributed by atoms with E-state index in [0.717, 1.165) is 21.3 Å². The van der Waals surface area contributed by atoms with E-state index in [-0.39, 0.29) is 32.7 Å². The maximum absolute atomic E-state index is 5.15. The van der Waals surface area contributed by atoms with Crippen LogP contribution in [0.4, 0.5) is 0 Å². The number of halogens is 1. The van der Waals surface area contributed by atoms with Crippen molar-refractivity contribution in [2.75, 3.05) is 7.11 Å². The van der Waals surface area contributed by atoms with E-state index in [2.05, 4.69) is 22.0 Å². The molecule has 0 N–H and O–H groups in total. The number of hydrogen-bond acceptors (Lipinski definition) is 1. The molecule has 3 heteroatoms. The fourth-order valence-electron chi connectivity index (χ4n) is 1.07. The Kier molecular flexibility index (Phi) is 5.63. The van der Waals surface area contributed by atoms with Crippen molar-refractivity contribution in [3.63, 3.8) is 0 Å². The summed E-state index contributed by atoms with van der Waals surface area (Å²) in [5.41, 5.74) is 2.16. The summed E-state index contributed by atoms with van der Waals surface area (Å²) in [6, 6.07) is 5.17. The molecule has 0 atom stereocenters. The fraction of sp³-hybridized carbons (Fsp3) is 0.333. The summed E-state index contributed by atoms with van der Waals surface area (Å²) in [5, 5.41) is 0. The van der Waals surface area contributed by atoms with Crippen molar-refractivity contribution in [1.82, 2.24) is 0 Å². The second-order valence-corrected chi connectivity index (χ2v) is 3.31. The van der Waals surface area contributed by atoms with Gasteiger partial charge >= 0.3 is 0 Å². The van der Waals surface area contributed by atoms with Gasteiger partial charge < -0.3 is 4.74 Å². The van der Waals surface area contributed by atoms with Crippen molar-refractivity contribution in [2.24, 2.45) is 0 Å². The summed E-state index contributed by atoms with van der Waals surface area (Å²) in [4.78, 5) is 0. The van der Waals surface area contributed by atoms with Crippen LogP contribution in [0.2, 0.25) is 0 Å². The molecule has 1 aromatic rings. The van der Waals surface area contributed by atoms with E-state index in [0.29, 0.717) is 0 Å². The molecule has 0 aliphatic rings. The first kappa shape index (κ1) is 12.6. The predicted molar refractivity (Wildman–Crippen MR) is 49.0 cm³/mol. The van der Waals surface area contributed by atoms with Gasteiger partial charge in [-0.2, -0.15) is 17.7 Å². The minimum Gasteiger partial charge on any atom is -0.553 e. The molecule has 0 aliphatic carbocycles. The largest absolute Gasteiger partial charge is 0.553 e. The normalized spacial score (nSPS) is 9.00. The topological polar surface area (TPSA) is 9.23 Å². The SMILES string of the molecule is COc1c(C)[c-]c(C)cc1Br.[Y]. The third kappa shape index (κ3) is 2.83. The zero-order chi connectivity index (χ0) is 8.43. The Labute approximate surface area is 107 Å². The Morgan fingerprint density at radius 2 is 2.00 bits per heavy atom. The Morgan fingerprint density at radius 1 is 1.42 bits per heavy atom. The number of methoxy groups -OCH3 is 1. The van der Waals surface area contributed by atoms with Gasteiger partial charge in [-0.05, 0) is 0 Å². The molecule has 0 fully saturated rings. The molecule has 1 nitrogen and oxygen atoms in total. The van der Waals surface area contributed by atoms with Crippen molar-refractivity contribution >= 4 is 15.9 Å². The Balaban J connectivity index is 0.00000121. The molecule has 1 radical (unpaired) electrons. The zero-order valence-corrected chi connectivity index (χ0v) is 11.9. The van der Waals surface area contributed by atoms with Gasteiger partial charge in [0.1, 0.15) is 0 Å². The quantitative estimate of drug-likeness (QED) is 0.725. The van der Waals surface area contributed by atoms with E-state index in [9.17, 15) is 0 Å². The van der Waals surface area contributed by atoms with Crippen LogP contribution in [0.1, 0.15) is 11.1 Å². The molecule has 63 valence electrons. The van der Waals surface area contributed by atoms with Crippen LogP contribution in [0.25, 0.3) is 0 Å². The predicted octanol–water partition coefficient (Wildman–Crippen LogP) is 2.87. The van der Waals surface area contributed by atoms with E-state index in [1.54, 1.807) is 7.11 Å². The average molecular weight is 303 g/mol. The monoisotopic (exact) mass is 302 g/mol. The first-order valence-electron chi connectivity index (χ1n) is 3.38. The minimum atomic E-state index is 0. The van der Waals surface area contributed by atoms with Gasteiger partial charge in [0.05, 0.1) is 7.11 Å². The second-order valence-electron chi connectivity index (χ2n) is 2.46. The van der Waals surface area contributed by atoms with E-state index in [1.165, 1.54) is 0 Å². The molecule has 0 saturated carbocycles. The Morgan fingerprint density at radius 3 is 2.42 bits per heavy atom. The number of aryl methyl sites for hydroxylation is 2. The number of benzene rings is 1. The maximum Gasteiger partial charge on any atom is 0.0607 e. The molecule has 0 spiro atoms. The van der Waals surface area contributed by atoms with Gasteiger partial charge in [0.2, 0.25) is 0 Å². The molecule has 12 heavy (non-hydrogen) atoms. The first-order valence-corrected chi connectivity index (χ1v) is 4.17. The average Bonchev–Trinajstić information content (AvgIpc) is 1.85. The van der Waals surface area contributed by atoms with Crippen molar-refractivity contribution < 1.29 is 37.4 Å². The summed E-state index contributed by atoms with van der Waals surface area (Å²) < 4.78 is 6.15.